The van der Waals surface area contributed by atoms with Crippen LogP contribution in [-0.2, 0) is 29.6 Å². The molecule has 0 bridgehead atoms. The Labute approximate surface area is 334 Å². The summed E-state index contributed by atoms with van der Waals surface area (Å²) in [7, 11) is 1.93. The number of hydrogen-bond acceptors (Lipinski definition) is 8. The maximum Gasteiger partial charge on any atom is 0.298 e. The van der Waals surface area contributed by atoms with Crippen LogP contribution in [0.3, 0.4) is 0 Å². The van der Waals surface area contributed by atoms with Crippen molar-refractivity contribution in [3.63, 3.8) is 0 Å². The van der Waals surface area contributed by atoms with E-state index in [1.54, 1.807) is 12.1 Å². The highest BCUT2D eigenvalue weighted by atomic mass is 35.5. The highest BCUT2D eigenvalue weighted by Crippen LogP contribution is 2.45. The van der Waals surface area contributed by atoms with Crippen molar-refractivity contribution in [1.29, 1.82) is 0 Å². The molecule has 292 valence electrons. The normalized spacial score (nSPS) is 14.5. The van der Waals surface area contributed by atoms with Crippen LogP contribution in [0.15, 0.2) is 42.0 Å². The van der Waals surface area contributed by atoms with Crippen molar-refractivity contribution in [1.82, 2.24) is 25.0 Å². The fraction of sp³-hybridized carbons (Fsp3) is 0.442. The molecule has 1 N–H and O–H groups in total. The average molecular weight is 788 g/mol. The first-order valence-electron chi connectivity index (χ1n) is 19.1. The zero-order chi connectivity index (χ0) is 39.4. The van der Waals surface area contributed by atoms with Gasteiger partial charge in [-0.1, -0.05) is 43.1 Å². The Bertz CT molecular complexity index is 2080. The van der Waals surface area contributed by atoms with Gasteiger partial charge in [0.1, 0.15) is 17.3 Å². The summed E-state index contributed by atoms with van der Waals surface area (Å²) in [5.74, 6) is 2.38. The van der Waals surface area contributed by atoms with Crippen LogP contribution in [0.5, 0.6) is 11.5 Å². The van der Waals surface area contributed by atoms with Crippen molar-refractivity contribution >= 4 is 47.0 Å². The van der Waals surface area contributed by atoms with Crippen molar-refractivity contribution in [2.75, 3.05) is 44.2 Å². The van der Waals surface area contributed by atoms with Gasteiger partial charge in [-0.3, -0.25) is 19.2 Å². The van der Waals surface area contributed by atoms with Gasteiger partial charge in [0.2, 0.25) is 5.91 Å². The van der Waals surface area contributed by atoms with E-state index in [1.807, 2.05) is 63.7 Å². The number of anilines is 1. The number of hydrogen-bond donors (Lipinski definition) is 1. The van der Waals surface area contributed by atoms with Gasteiger partial charge in [-0.2, -0.15) is 5.10 Å². The smallest absolute Gasteiger partial charge is 0.298 e. The lowest BCUT2D eigenvalue weighted by Gasteiger charge is -2.36. The largest absolute Gasteiger partial charge is 0.494 e. The summed E-state index contributed by atoms with van der Waals surface area (Å²) in [6, 6.07) is 11.4. The van der Waals surface area contributed by atoms with Crippen LogP contribution < -0.4 is 19.7 Å². The van der Waals surface area contributed by atoms with Crippen LogP contribution in [0.4, 0.5) is 5.82 Å². The number of aromatic nitrogens is 3. The Morgan fingerprint density at radius 1 is 0.982 bits per heavy atom. The molecule has 55 heavy (non-hydrogen) atoms. The van der Waals surface area contributed by atoms with E-state index in [9.17, 15) is 9.59 Å². The molecule has 1 aliphatic heterocycles. The molecule has 12 heteroatoms. The van der Waals surface area contributed by atoms with E-state index in [4.69, 9.17) is 37.7 Å². The average Bonchev–Trinajstić information content (AvgIpc) is 3.65. The topological polar surface area (TPSA) is 102 Å². The van der Waals surface area contributed by atoms with E-state index in [0.29, 0.717) is 60.3 Å². The summed E-state index contributed by atoms with van der Waals surface area (Å²) in [5, 5.41) is 9.19. The molecule has 3 heterocycles. The van der Waals surface area contributed by atoms with E-state index < -0.39 is 0 Å². The zero-order valence-corrected chi connectivity index (χ0v) is 34.5. The van der Waals surface area contributed by atoms with Gasteiger partial charge in [-0.15, -0.1) is 0 Å². The van der Waals surface area contributed by atoms with Crippen molar-refractivity contribution in [2.45, 2.75) is 73.8 Å². The van der Waals surface area contributed by atoms with E-state index in [2.05, 4.69) is 34.1 Å². The predicted octanol–water partition coefficient (Wildman–Crippen LogP) is 8.21. The van der Waals surface area contributed by atoms with Gasteiger partial charge in [-0.25, -0.2) is 4.98 Å². The second-order valence-corrected chi connectivity index (χ2v) is 15.9. The molecular formula is C43H52Cl2N6O4. The number of piperazine rings is 1. The van der Waals surface area contributed by atoms with Crippen LogP contribution in [-0.4, -0.2) is 71.4 Å². The van der Waals surface area contributed by atoms with Crippen LogP contribution in [0.1, 0.15) is 72.4 Å². The van der Waals surface area contributed by atoms with Crippen molar-refractivity contribution < 1.29 is 19.1 Å². The standard InChI is InChI=1S/C43H52Cl2N6O4/c1-26(2)12-13-50-14-16-51(17-15-50)39-22-33(55-25-52)21-31(47-39)24-46-43(53)37-23-36-35(10-11-38(44)41(36)40-29(5)48-49(7)30(40)6)34(37)9-8-18-54-32-19-27(3)42(45)28(4)20-32/h10-11,19-22,25-26H,8-9,12-18,23-24H2,1-7H3,(H,46,53). The number of amides is 1. The SMILES string of the molecule is Cc1cc(OCCCC2=C(C(=O)NCc3cc(OC=O)cc(N4CCN(CCC(C)C)CC4)n3)Cc3c2ccc(Cl)c3-c2c(C)nn(C)c2C)cc(C)c1Cl. The Hall–Kier alpha value is -4.38. The lowest BCUT2D eigenvalue weighted by molar-refractivity contribution is -0.121. The summed E-state index contributed by atoms with van der Waals surface area (Å²) >= 11 is 13.4. The molecule has 0 saturated carbocycles. The van der Waals surface area contributed by atoms with Crippen LogP contribution >= 0.6 is 23.2 Å². The van der Waals surface area contributed by atoms with Gasteiger partial charge in [0.05, 0.1) is 24.5 Å². The summed E-state index contributed by atoms with van der Waals surface area (Å²) in [4.78, 5) is 35.3. The Morgan fingerprint density at radius 2 is 1.71 bits per heavy atom. The molecule has 10 nitrogen and oxygen atoms in total. The number of nitrogens with zero attached hydrogens (tertiary/aromatic N) is 5. The number of aryl methyl sites for hydroxylation is 4. The highest BCUT2D eigenvalue weighted by molar-refractivity contribution is 6.34. The first-order valence-corrected chi connectivity index (χ1v) is 19.9. The van der Waals surface area contributed by atoms with Crippen LogP contribution in [0.25, 0.3) is 16.7 Å². The molecule has 2 aromatic heterocycles. The minimum absolute atomic E-state index is 0.163. The predicted molar refractivity (Wildman–Crippen MR) is 220 cm³/mol. The number of nitrogens with one attached hydrogen (secondary N) is 1. The molecule has 1 fully saturated rings. The minimum atomic E-state index is -0.179. The summed E-state index contributed by atoms with van der Waals surface area (Å²) in [6.07, 6.45) is 2.91. The Morgan fingerprint density at radius 3 is 2.36 bits per heavy atom. The molecular weight excluding hydrogens is 735 g/mol. The van der Waals surface area contributed by atoms with Gasteiger partial charge >= 0.3 is 0 Å². The van der Waals surface area contributed by atoms with Crippen molar-refractivity contribution in [3.8, 4) is 22.6 Å². The number of fused-ring (bicyclic) bond motifs is 1. The van der Waals surface area contributed by atoms with Crippen molar-refractivity contribution in [3.05, 3.63) is 91.4 Å². The number of allylic oxidation sites excluding steroid dienone is 1. The Kier molecular flexibility index (Phi) is 12.9. The van der Waals surface area contributed by atoms with Gasteiger partial charge < -0.3 is 19.7 Å². The molecule has 0 unspecified atom stereocenters. The van der Waals surface area contributed by atoms with E-state index in [1.165, 1.54) is 6.42 Å². The van der Waals surface area contributed by atoms with Gasteiger partial charge in [0.15, 0.2) is 0 Å². The van der Waals surface area contributed by atoms with Crippen LogP contribution in [0.2, 0.25) is 10.0 Å². The number of carbonyl (C=O) groups is 2. The van der Waals surface area contributed by atoms with Gasteiger partial charge in [0.25, 0.3) is 6.47 Å². The van der Waals surface area contributed by atoms with Gasteiger partial charge in [0, 0.05) is 84.2 Å². The maximum absolute atomic E-state index is 14.3. The molecule has 6 rings (SSSR count). The third-order valence-corrected chi connectivity index (χ3v) is 11.7. The number of ether oxygens (including phenoxy) is 2. The molecule has 0 atom stereocenters. The molecule has 4 aromatic rings. The van der Waals surface area contributed by atoms with E-state index >= 15 is 0 Å². The molecule has 1 amide bonds. The molecule has 2 aromatic carbocycles. The van der Waals surface area contributed by atoms with E-state index in [0.717, 1.165) is 99.7 Å². The lowest BCUT2D eigenvalue weighted by atomic mass is 9.93. The number of pyridine rings is 1. The monoisotopic (exact) mass is 786 g/mol. The minimum Gasteiger partial charge on any atom is -0.494 e. The number of halogens is 2. The first-order chi connectivity index (χ1) is 26.3. The first kappa shape index (κ1) is 40.3. The molecule has 1 aliphatic carbocycles. The quantitative estimate of drug-likeness (QED) is 0.0951. The maximum atomic E-state index is 14.3. The van der Waals surface area contributed by atoms with Gasteiger partial charge in [-0.05, 0) is 105 Å². The second-order valence-electron chi connectivity index (χ2n) is 15.1. The van der Waals surface area contributed by atoms with E-state index in [-0.39, 0.29) is 12.5 Å². The number of benzene rings is 2. The zero-order valence-electron chi connectivity index (χ0n) is 33.0. The summed E-state index contributed by atoms with van der Waals surface area (Å²) in [5.41, 5.74) is 10.0. The third-order valence-electron chi connectivity index (χ3n) is 10.8. The molecule has 2 aliphatic rings. The molecule has 0 radical (unpaired) electrons. The molecule has 0 spiro atoms. The number of rotatable bonds is 15. The Balaban J connectivity index is 1.24. The number of carbonyl (C=O) groups excluding carboxylic acids is 2. The summed E-state index contributed by atoms with van der Waals surface area (Å²) < 4.78 is 13.3. The summed E-state index contributed by atoms with van der Waals surface area (Å²) in [6.45, 7) is 18.1. The fourth-order valence-electron chi connectivity index (χ4n) is 7.71. The lowest BCUT2D eigenvalue weighted by Crippen LogP contribution is -2.47. The molecule has 1 saturated heterocycles. The van der Waals surface area contributed by atoms with Crippen LogP contribution in [0, 0.1) is 33.6 Å². The highest BCUT2D eigenvalue weighted by Gasteiger charge is 2.31. The third kappa shape index (κ3) is 9.20. The fourth-order valence-corrected chi connectivity index (χ4v) is 8.09. The van der Waals surface area contributed by atoms with Crippen molar-refractivity contribution in [2.24, 2.45) is 13.0 Å². The second kappa shape index (κ2) is 17.6.